The Morgan fingerprint density at radius 1 is 1.33 bits per heavy atom. The zero-order chi connectivity index (χ0) is 11.7. The van der Waals surface area contributed by atoms with E-state index in [-0.39, 0.29) is 6.42 Å². The molecule has 0 heterocycles. The highest BCUT2D eigenvalue weighted by molar-refractivity contribution is 5.88. The van der Waals surface area contributed by atoms with Crippen LogP contribution in [0.3, 0.4) is 0 Å². The van der Waals surface area contributed by atoms with Gasteiger partial charge in [0.15, 0.2) is 0 Å². The number of hydrogen-bond acceptors (Lipinski definition) is 5. The van der Waals surface area contributed by atoms with Crippen molar-refractivity contribution in [2.75, 3.05) is 6.54 Å². The smallest absolute Gasteiger partial charge is 0.330 e. The zero-order valence-electron chi connectivity index (χ0n) is 9.20. The summed E-state index contributed by atoms with van der Waals surface area (Å²) < 4.78 is 4.55. The van der Waals surface area contributed by atoms with Crippen LogP contribution < -0.4 is 11.5 Å². The van der Waals surface area contributed by atoms with E-state index in [1.165, 1.54) is 0 Å². The first-order chi connectivity index (χ1) is 7.11. The molecule has 15 heavy (non-hydrogen) atoms. The Bertz CT molecular complexity index is 207. The number of nitrogens with two attached hydrogens (primary N) is 2. The number of unbranched alkanes of at least 4 members (excludes halogenated alkanes) is 1. The largest absolute Gasteiger partial charge is 0.392 e. The SMILES string of the molecule is CCCC(=O)OC(=O)[C@H](N)CCCCN. The van der Waals surface area contributed by atoms with E-state index < -0.39 is 18.0 Å². The number of esters is 2. The number of carbonyl (C=O) groups excluding carboxylic acids is 2. The van der Waals surface area contributed by atoms with Crippen LogP contribution in [0.15, 0.2) is 0 Å². The Hall–Kier alpha value is -0.940. The molecule has 0 aromatic heterocycles. The Morgan fingerprint density at radius 2 is 2.00 bits per heavy atom. The minimum atomic E-state index is -0.711. The molecule has 4 N–H and O–H groups in total. The number of hydrogen-bond donors (Lipinski definition) is 2. The van der Waals surface area contributed by atoms with Crippen LogP contribution in [-0.4, -0.2) is 24.5 Å². The van der Waals surface area contributed by atoms with Crippen LogP contribution in [-0.2, 0) is 14.3 Å². The van der Waals surface area contributed by atoms with Crippen molar-refractivity contribution >= 4 is 11.9 Å². The van der Waals surface area contributed by atoms with E-state index in [2.05, 4.69) is 4.74 Å². The molecule has 0 unspecified atom stereocenters. The molecular weight excluding hydrogens is 196 g/mol. The summed E-state index contributed by atoms with van der Waals surface area (Å²) in [6.07, 6.45) is 3.02. The van der Waals surface area contributed by atoms with E-state index in [0.29, 0.717) is 19.4 Å². The fourth-order valence-corrected chi connectivity index (χ4v) is 1.07. The molecule has 88 valence electrons. The molecule has 1 atom stereocenters. The van der Waals surface area contributed by atoms with Crippen molar-refractivity contribution in [1.82, 2.24) is 0 Å². The van der Waals surface area contributed by atoms with E-state index in [9.17, 15) is 9.59 Å². The minimum Gasteiger partial charge on any atom is -0.392 e. The molecule has 0 rings (SSSR count). The molecule has 0 aliphatic heterocycles. The summed E-state index contributed by atoms with van der Waals surface area (Å²) >= 11 is 0. The maximum atomic E-state index is 11.2. The summed E-state index contributed by atoms with van der Waals surface area (Å²) in [5, 5.41) is 0. The van der Waals surface area contributed by atoms with E-state index in [4.69, 9.17) is 11.5 Å². The van der Waals surface area contributed by atoms with Crippen molar-refractivity contribution in [3.05, 3.63) is 0 Å². The van der Waals surface area contributed by atoms with E-state index in [0.717, 1.165) is 12.8 Å². The van der Waals surface area contributed by atoms with Crippen LogP contribution >= 0.6 is 0 Å². The average Bonchev–Trinajstić information content (AvgIpc) is 2.18. The fraction of sp³-hybridized carbons (Fsp3) is 0.800. The predicted molar refractivity (Wildman–Crippen MR) is 56.9 cm³/mol. The van der Waals surface area contributed by atoms with E-state index in [1.807, 2.05) is 6.92 Å². The highest BCUT2D eigenvalue weighted by Gasteiger charge is 2.17. The lowest BCUT2D eigenvalue weighted by Gasteiger charge is -2.09. The molecule has 0 saturated heterocycles. The molecule has 0 bridgehead atoms. The fourth-order valence-electron chi connectivity index (χ4n) is 1.07. The molecule has 0 saturated carbocycles. The molecule has 0 spiro atoms. The summed E-state index contributed by atoms with van der Waals surface area (Å²) in [5.74, 6) is -1.14. The Balaban J connectivity index is 3.73. The maximum Gasteiger partial charge on any atom is 0.330 e. The number of ether oxygens (including phenoxy) is 1. The molecular formula is C10H20N2O3. The molecule has 0 fully saturated rings. The molecule has 0 radical (unpaired) electrons. The van der Waals surface area contributed by atoms with Crippen LogP contribution in [0.4, 0.5) is 0 Å². The van der Waals surface area contributed by atoms with Crippen molar-refractivity contribution in [1.29, 1.82) is 0 Å². The first kappa shape index (κ1) is 14.1. The van der Waals surface area contributed by atoms with Gasteiger partial charge in [0.05, 0.1) is 0 Å². The van der Waals surface area contributed by atoms with Crippen LogP contribution in [0.5, 0.6) is 0 Å². The van der Waals surface area contributed by atoms with Crippen LogP contribution in [0, 0.1) is 0 Å². The third kappa shape index (κ3) is 7.04. The predicted octanol–water partition coefficient (Wildman–Crippen LogP) is 0.313. The topological polar surface area (TPSA) is 95.4 Å². The van der Waals surface area contributed by atoms with Crippen LogP contribution in [0.1, 0.15) is 39.0 Å². The van der Waals surface area contributed by atoms with Gasteiger partial charge in [0, 0.05) is 6.42 Å². The molecule has 0 aromatic carbocycles. The van der Waals surface area contributed by atoms with Crippen molar-refractivity contribution < 1.29 is 14.3 Å². The van der Waals surface area contributed by atoms with Gasteiger partial charge in [0.25, 0.3) is 0 Å². The number of rotatable bonds is 7. The van der Waals surface area contributed by atoms with Gasteiger partial charge in [0.1, 0.15) is 6.04 Å². The van der Waals surface area contributed by atoms with Gasteiger partial charge >= 0.3 is 11.9 Å². The van der Waals surface area contributed by atoms with Gasteiger partial charge in [-0.15, -0.1) is 0 Å². The summed E-state index contributed by atoms with van der Waals surface area (Å²) in [6, 6.07) is -0.711. The summed E-state index contributed by atoms with van der Waals surface area (Å²) in [5.41, 5.74) is 10.8. The third-order valence-corrected chi connectivity index (χ3v) is 1.94. The van der Waals surface area contributed by atoms with Gasteiger partial charge < -0.3 is 16.2 Å². The normalized spacial score (nSPS) is 12.2. The Morgan fingerprint density at radius 3 is 2.53 bits per heavy atom. The summed E-state index contributed by atoms with van der Waals surface area (Å²) in [4.78, 5) is 22.2. The van der Waals surface area contributed by atoms with Crippen molar-refractivity contribution in [3.63, 3.8) is 0 Å². The quantitative estimate of drug-likeness (QED) is 0.363. The first-order valence-corrected chi connectivity index (χ1v) is 5.32. The molecule has 0 amide bonds. The molecule has 0 aromatic rings. The standard InChI is InChI=1S/C10H20N2O3/c1-2-5-9(13)15-10(14)8(12)6-3-4-7-11/h8H,2-7,11-12H2,1H3/t8-/m1/s1. The van der Waals surface area contributed by atoms with Crippen molar-refractivity contribution in [2.24, 2.45) is 11.5 Å². The second kappa shape index (κ2) is 8.38. The summed E-state index contributed by atoms with van der Waals surface area (Å²) in [7, 11) is 0. The minimum absolute atomic E-state index is 0.251. The van der Waals surface area contributed by atoms with Gasteiger partial charge in [-0.05, 0) is 25.8 Å². The van der Waals surface area contributed by atoms with Gasteiger partial charge in [-0.3, -0.25) is 4.79 Å². The Labute approximate surface area is 90.1 Å². The maximum absolute atomic E-state index is 11.2. The lowest BCUT2D eigenvalue weighted by Crippen LogP contribution is -2.33. The lowest BCUT2D eigenvalue weighted by atomic mass is 10.1. The van der Waals surface area contributed by atoms with Gasteiger partial charge in [0.2, 0.25) is 0 Å². The van der Waals surface area contributed by atoms with Gasteiger partial charge in [-0.25, -0.2) is 4.79 Å². The lowest BCUT2D eigenvalue weighted by molar-refractivity contribution is -0.160. The molecule has 5 heteroatoms. The average molecular weight is 216 g/mol. The third-order valence-electron chi connectivity index (χ3n) is 1.94. The highest BCUT2D eigenvalue weighted by Crippen LogP contribution is 2.01. The zero-order valence-corrected chi connectivity index (χ0v) is 9.20. The van der Waals surface area contributed by atoms with E-state index >= 15 is 0 Å². The van der Waals surface area contributed by atoms with Crippen molar-refractivity contribution in [2.45, 2.75) is 45.1 Å². The van der Waals surface area contributed by atoms with Gasteiger partial charge in [-0.2, -0.15) is 0 Å². The van der Waals surface area contributed by atoms with Crippen LogP contribution in [0.25, 0.3) is 0 Å². The first-order valence-electron chi connectivity index (χ1n) is 5.32. The van der Waals surface area contributed by atoms with Crippen molar-refractivity contribution in [3.8, 4) is 0 Å². The second-order valence-corrected chi connectivity index (χ2v) is 3.43. The number of carbonyl (C=O) groups is 2. The van der Waals surface area contributed by atoms with Gasteiger partial charge in [-0.1, -0.05) is 13.3 Å². The Kier molecular flexibility index (Phi) is 7.85. The summed E-state index contributed by atoms with van der Waals surface area (Å²) in [6.45, 7) is 2.42. The molecule has 5 nitrogen and oxygen atoms in total. The van der Waals surface area contributed by atoms with E-state index in [1.54, 1.807) is 0 Å². The monoisotopic (exact) mass is 216 g/mol. The second-order valence-electron chi connectivity index (χ2n) is 3.43. The highest BCUT2D eigenvalue weighted by atomic mass is 16.6. The van der Waals surface area contributed by atoms with Crippen LogP contribution in [0.2, 0.25) is 0 Å². The molecule has 0 aliphatic carbocycles. The molecule has 0 aliphatic rings.